The lowest BCUT2D eigenvalue weighted by Gasteiger charge is -2.61. The lowest BCUT2D eigenvalue weighted by molar-refractivity contribution is -0.178. The quantitative estimate of drug-likeness (QED) is 0.0383. The van der Waals surface area contributed by atoms with Crippen LogP contribution in [0.15, 0.2) is 82.5 Å². The van der Waals surface area contributed by atoms with Crippen LogP contribution >= 0.6 is 0 Å². The Kier molecular flexibility index (Phi) is 12.9. The Morgan fingerprint density at radius 1 is 0.880 bits per heavy atom. The molecule has 0 unspecified atom stereocenters. The van der Waals surface area contributed by atoms with Gasteiger partial charge in [0, 0.05) is 5.56 Å². The van der Waals surface area contributed by atoms with E-state index in [1.165, 1.54) is 12.1 Å². The van der Waals surface area contributed by atoms with Crippen molar-refractivity contribution in [3.05, 3.63) is 88.1 Å². The van der Waals surface area contributed by atoms with Gasteiger partial charge in [0.2, 0.25) is 0 Å². The van der Waals surface area contributed by atoms with Gasteiger partial charge in [-0.15, -0.1) is 0 Å². The summed E-state index contributed by atoms with van der Waals surface area (Å²) >= 11 is 0. The molecule has 2 aliphatic carbocycles. The molecule has 0 radical (unpaired) electrons. The lowest BCUT2D eigenvalue weighted by Crippen LogP contribution is -2.70. The second-order valence-corrected chi connectivity index (χ2v) is 15.7. The molecule has 1 aromatic rings. The second kappa shape index (κ2) is 15.9. The van der Waals surface area contributed by atoms with Gasteiger partial charge in [0.25, 0.3) is 0 Å². The SMILES string of the molecule is C=C(C)[C@H](O)CC/C(C)=C/C[C@@H]1C[C@@]2(CC=C(C)C)C(=O)C(=C(O)c3ccc(O)c(O)c3)C(=O)[C@](CC=C(C)C)(C2=O)[C@@]1(C)CCC=C(C)C. The molecule has 0 heterocycles. The summed E-state index contributed by atoms with van der Waals surface area (Å²) in [5.74, 6) is -3.57. The Balaban J connectivity index is 2.42. The molecule has 0 aliphatic heterocycles. The number of Topliss-reactive ketones (excluding diaryl/α,β-unsaturated/α-hetero) is 3. The van der Waals surface area contributed by atoms with Crippen LogP contribution in [0.4, 0.5) is 0 Å². The van der Waals surface area contributed by atoms with Gasteiger partial charge >= 0.3 is 0 Å². The fourth-order valence-corrected chi connectivity index (χ4v) is 7.80. The minimum atomic E-state index is -1.67. The maximum atomic E-state index is 15.4. The predicted molar refractivity (Wildman–Crippen MR) is 201 cm³/mol. The minimum absolute atomic E-state index is 0.00236. The molecule has 50 heavy (non-hydrogen) atoms. The van der Waals surface area contributed by atoms with Gasteiger partial charge in [0.15, 0.2) is 28.8 Å². The van der Waals surface area contributed by atoms with E-state index in [1.807, 2.05) is 67.5 Å². The first-order chi connectivity index (χ1) is 23.2. The van der Waals surface area contributed by atoms with E-state index in [2.05, 4.69) is 18.7 Å². The number of ketones is 3. The van der Waals surface area contributed by atoms with Gasteiger partial charge in [-0.05, 0) is 136 Å². The lowest BCUT2D eigenvalue weighted by atomic mass is 9.37. The van der Waals surface area contributed by atoms with Crippen molar-refractivity contribution in [2.24, 2.45) is 22.2 Å². The van der Waals surface area contributed by atoms with Crippen LogP contribution in [0.5, 0.6) is 11.5 Å². The Bertz CT molecular complexity index is 1670. The molecular weight excluding hydrogens is 628 g/mol. The fourth-order valence-electron chi connectivity index (χ4n) is 7.80. The number of phenols is 2. The molecule has 1 aromatic carbocycles. The number of rotatable bonds is 14. The zero-order chi connectivity index (χ0) is 37.8. The molecule has 2 saturated carbocycles. The van der Waals surface area contributed by atoms with E-state index in [4.69, 9.17) is 0 Å². The smallest absolute Gasteiger partial charge is 0.184 e. The summed E-state index contributed by atoms with van der Waals surface area (Å²) in [5.41, 5.74) is 0.0973. The van der Waals surface area contributed by atoms with Crippen molar-refractivity contribution in [1.82, 2.24) is 0 Å². The summed E-state index contributed by atoms with van der Waals surface area (Å²) < 4.78 is 0. The second-order valence-electron chi connectivity index (χ2n) is 15.7. The van der Waals surface area contributed by atoms with Gasteiger partial charge in [0.05, 0.1) is 11.5 Å². The Hall–Kier alpha value is -3.97. The van der Waals surface area contributed by atoms with Crippen molar-refractivity contribution in [2.75, 3.05) is 0 Å². The highest BCUT2D eigenvalue weighted by atomic mass is 16.3. The molecule has 0 spiro atoms. The Morgan fingerprint density at radius 3 is 2.04 bits per heavy atom. The van der Waals surface area contributed by atoms with Crippen LogP contribution in [0.3, 0.4) is 0 Å². The van der Waals surface area contributed by atoms with Crippen LogP contribution in [-0.4, -0.2) is 43.9 Å². The number of benzene rings is 1. The molecule has 2 bridgehead atoms. The highest BCUT2D eigenvalue weighted by Crippen LogP contribution is 2.67. The van der Waals surface area contributed by atoms with Crippen molar-refractivity contribution in [3.8, 4) is 11.5 Å². The number of aliphatic hydroxyl groups excluding tert-OH is 2. The number of aromatic hydroxyl groups is 2. The van der Waals surface area contributed by atoms with Crippen LogP contribution in [0, 0.1) is 22.2 Å². The zero-order valence-electron chi connectivity index (χ0n) is 31.6. The fraction of sp³-hybridized carbons (Fsp3) is 0.512. The Labute approximate surface area is 298 Å². The molecule has 7 heteroatoms. The monoisotopic (exact) mass is 686 g/mol. The Morgan fingerprint density at radius 2 is 1.48 bits per heavy atom. The third-order valence-corrected chi connectivity index (χ3v) is 11.1. The van der Waals surface area contributed by atoms with Crippen LogP contribution in [-0.2, 0) is 14.4 Å². The van der Waals surface area contributed by atoms with Crippen molar-refractivity contribution >= 4 is 23.1 Å². The molecule has 2 fully saturated rings. The molecule has 2 aliphatic rings. The molecule has 0 saturated heterocycles. The molecule has 4 N–H and O–H groups in total. The van der Waals surface area contributed by atoms with Crippen LogP contribution < -0.4 is 0 Å². The summed E-state index contributed by atoms with van der Waals surface area (Å²) in [7, 11) is 0. The number of aliphatic hydroxyl groups is 2. The van der Waals surface area contributed by atoms with Gasteiger partial charge in [-0.25, -0.2) is 0 Å². The summed E-state index contributed by atoms with van der Waals surface area (Å²) in [5, 5.41) is 42.4. The highest BCUT2D eigenvalue weighted by Gasteiger charge is 2.74. The van der Waals surface area contributed by atoms with Crippen molar-refractivity contribution in [2.45, 2.75) is 120 Å². The number of allylic oxidation sites excluding steroid dienone is 9. The van der Waals surface area contributed by atoms with Gasteiger partial charge < -0.3 is 20.4 Å². The van der Waals surface area contributed by atoms with E-state index in [0.717, 1.165) is 28.4 Å². The summed E-state index contributed by atoms with van der Waals surface area (Å²) in [6, 6.07) is 3.64. The number of phenolic OH excluding ortho intramolecular Hbond substituents is 2. The predicted octanol–water partition coefficient (Wildman–Crippen LogP) is 9.60. The van der Waals surface area contributed by atoms with Gasteiger partial charge in [-0.2, -0.15) is 0 Å². The molecule has 5 atom stereocenters. The van der Waals surface area contributed by atoms with E-state index >= 15 is 9.59 Å². The van der Waals surface area contributed by atoms with Gasteiger partial charge in [-0.3, -0.25) is 14.4 Å². The van der Waals surface area contributed by atoms with Crippen molar-refractivity contribution in [1.29, 1.82) is 0 Å². The van der Waals surface area contributed by atoms with Crippen LogP contribution in [0.1, 0.15) is 119 Å². The van der Waals surface area contributed by atoms with Gasteiger partial charge in [-0.1, -0.05) is 65.7 Å². The van der Waals surface area contributed by atoms with Crippen LogP contribution in [0.25, 0.3) is 5.76 Å². The maximum absolute atomic E-state index is 15.4. The highest BCUT2D eigenvalue weighted by molar-refractivity contribution is 6.41. The molecule has 272 valence electrons. The van der Waals surface area contributed by atoms with E-state index in [0.29, 0.717) is 37.7 Å². The number of hydrogen-bond acceptors (Lipinski definition) is 7. The zero-order valence-corrected chi connectivity index (χ0v) is 31.6. The van der Waals surface area contributed by atoms with Gasteiger partial charge in [0.1, 0.15) is 16.7 Å². The van der Waals surface area contributed by atoms with E-state index in [9.17, 15) is 25.2 Å². The normalized spacial score (nSPS) is 26.6. The first-order valence-electron chi connectivity index (χ1n) is 17.7. The van der Waals surface area contributed by atoms with E-state index in [1.54, 1.807) is 6.92 Å². The number of hydrogen-bond donors (Lipinski definition) is 4. The minimum Gasteiger partial charge on any atom is -0.506 e. The number of carbonyl (C=O) groups excluding carboxylic acids is 3. The first-order valence-corrected chi connectivity index (χ1v) is 17.7. The summed E-state index contributed by atoms with van der Waals surface area (Å²) in [6.45, 7) is 21.3. The largest absolute Gasteiger partial charge is 0.506 e. The first kappa shape index (κ1) is 40.5. The van der Waals surface area contributed by atoms with Crippen molar-refractivity contribution in [3.63, 3.8) is 0 Å². The third kappa shape index (κ3) is 7.83. The van der Waals surface area contributed by atoms with E-state index in [-0.39, 0.29) is 36.5 Å². The summed E-state index contributed by atoms with van der Waals surface area (Å²) in [4.78, 5) is 45.6. The van der Waals surface area contributed by atoms with Crippen LogP contribution in [0.2, 0.25) is 0 Å². The molecule has 3 rings (SSSR count). The molecule has 0 aromatic heterocycles. The third-order valence-electron chi connectivity index (χ3n) is 11.1. The average molecular weight is 687 g/mol. The molecule has 7 nitrogen and oxygen atoms in total. The maximum Gasteiger partial charge on any atom is 0.184 e. The van der Waals surface area contributed by atoms with Crippen molar-refractivity contribution < 1.29 is 34.8 Å². The van der Waals surface area contributed by atoms with E-state index < -0.39 is 56.7 Å². The topological polar surface area (TPSA) is 132 Å². The molecular formula is C43H58O7. The number of carbonyl (C=O) groups is 3. The molecule has 0 amide bonds. The average Bonchev–Trinajstić information content (AvgIpc) is 3.03. The number of fused-ring (bicyclic) bond motifs is 2. The standard InChI is InChI=1S/C43H58O7/c1-26(2)12-11-21-41(10)32(16-13-30(9)14-17-33(44)29(7)8)25-42(22-19-27(3)4)38(48)36(37(47)31-15-18-34(45)35(46)24-31)39(49)43(41,40(42)50)23-20-28(5)6/h12-13,15,18-20,24,32-33,44-47H,7,11,14,16-17,21-23,25H2,1-6,8-10H3/b30-13+,37-36?/t32-,33-,41+,42+,43-/m1/s1. The summed E-state index contributed by atoms with van der Waals surface area (Å²) in [6.07, 6.45) is 10.6.